The molecule has 0 aliphatic heterocycles. The Morgan fingerprint density at radius 3 is 2.17 bits per heavy atom. The van der Waals surface area contributed by atoms with Gasteiger partial charge in [-0.3, -0.25) is 9.59 Å². The van der Waals surface area contributed by atoms with E-state index in [-0.39, 0.29) is 11.7 Å². The minimum Gasteiger partial charge on any atom is -0.353 e. The zero-order valence-corrected chi connectivity index (χ0v) is 11.4. The number of amides is 1. The summed E-state index contributed by atoms with van der Waals surface area (Å²) in [7, 11) is 1.95. The molecule has 0 radical (unpaired) electrons. The normalized spacial score (nSPS) is 11.2. The summed E-state index contributed by atoms with van der Waals surface area (Å²) >= 11 is 0. The number of carbonyl (C=O) groups is 2. The van der Waals surface area contributed by atoms with Gasteiger partial charge in [0.25, 0.3) is 0 Å². The fraction of sp³-hybridized carbons (Fsp3) is 0.571. The van der Waals surface area contributed by atoms with Gasteiger partial charge in [-0.25, -0.2) is 0 Å². The van der Waals surface area contributed by atoms with Crippen LogP contribution >= 0.6 is 0 Å². The first kappa shape index (κ1) is 16.6. The van der Waals surface area contributed by atoms with Crippen molar-refractivity contribution >= 4 is 11.7 Å². The van der Waals surface area contributed by atoms with Crippen molar-refractivity contribution in [1.82, 2.24) is 10.6 Å². The van der Waals surface area contributed by atoms with E-state index in [0.29, 0.717) is 6.54 Å². The molecule has 102 valence electrons. The minimum atomic E-state index is -0.113. The zero-order chi connectivity index (χ0) is 13.6. The smallest absolute Gasteiger partial charge is 0.243 e. The molecule has 18 heavy (non-hydrogen) atoms. The Morgan fingerprint density at radius 2 is 1.56 bits per heavy atom. The van der Waals surface area contributed by atoms with Crippen LogP contribution in [0.3, 0.4) is 0 Å². The summed E-state index contributed by atoms with van der Waals surface area (Å²) in [5.74, 6) is -0.139. The zero-order valence-electron chi connectivity index (χ0n) is 11.4. The molecule has 0 saturated heterocycles. The van der Waals surface area contributed by atoms with Crippen molar-refractivity contribution in [3.8, 4) is 0 Å². The fourth-order valence-corrected chi connectivity index (χ4v) is 1.38. The van der Waals surface area contributed by atoms with Crippen LogP contribution in [0, 0.1) is 0 Å². The Hall–Kier alpha value is -1.42. The molecular weight excluding hydrogens is 228 g/mol. The number of unbranched alkanes of at least 4 members (excludes halogenated alkanes) is 3. The Labute approximate surface area is 110 Å². The van der Waals surface area contributed by atoms with Crippen LogP contribution in [-0.2, 0) is 9.59 Å². The highest BCUT2D eigenvalue weighted by Gasteiger charge is 1.93. The molecule has 0 fully saturated rings. The van der Waals surface area contributed by atoms with Crippen molar-refractivity contribution in [3.05, 3.63) is 24.3 Å². The van der Waals surface area contributed by atoms with Crippen molar-refractivity contribution in [2.24, 2.45) is 0 Å². The van der Waals surface area contributed by atoms with E-state index < -0.39 is 0 Å². The number of hydrogen-bond donors (Lipinski definition) is 2. The van der Waals surface area contributed by atoms with Gasteiger partial charge in [0.05, 0.1) is 0 Å². The average Bonchev–Trinajstić information content (AvgIpc) is 2.33. The third-order valence-electron chi connectivity index (χ3n) is 2.34. The van der Waals surface area contributed by atoms with Gasteiger partial charge in [-0.15, -0.1) is 0 Å². The van der Waals surface area contributed by atoms with Crippen LogP contribution in [0.5, 0.6) is 0 Å². The van der Waals surface area contributed by atoms with Gasteiger partial charge in [0.1, 0.15) is 0 Å². The average molecular weight is 252 g/mol. The summed E-state index contributed by atoms with van der Waals surface area (Å²) in [5, 5.41) is 5.91. The first-order valence-corrected chi connectivity index (χ1v) is 6.44. The Morgan fingerprint density at radius 1 is 0.944 bits per heavy atom. The van der Waals surface area contributed by atoms with Crippen molar-refractivity contribution in [2.45, 2.75) is 32.6 Å². The molecule has 0 atom stereocenters. The third kappa shape index (κ3) is 12.6. The number of nitrogens with one attached hydrogen (secondary N) is 2. The molecule has 0 aromatic carbocycles. The summed E-state index contributed by atoms with van der Waals surface area (Å²) in [5.41, 5.74) is 0. The monoisotopic (exact) mass is 252 g/mol. The Balaban J connectivity index is 3.45. The molecule has 0 aromatic heterocycles. The van der Waals surface area contributed by atoms with E-state index in [0.717, 1.165) is 19.4 Å². The van der Waals surface area contributed by atoms with E-state index in [2.05, 4.69) is 10.6 Å². The largest absolute Gasteiger partial charge is 0.353 e. The fourth-order valence-electron chi connectivity index (χ4n) is 1.38. The molecule has 0 spiro atoms. The second-order valence-electron chi connectivity index (χ2n) is 4.14. The molecule has 0 rings (SSSR count). The van der Waals surface area contributed by atoms with Crippen LogP contribution < -0.4 is 10.6 Å². The molecule has 0 heterocycles. The van der Waals surface area contributed by atoms with Crippen molar-refractivity contribution in [2.75, 3.05) is 20.1 Å². The molecule has 4 heteroatoms. The lowest BCUT2D eigenvalue weighted by Gasteiger charge is -2.02. The van der Waals surface area contributed by atoms with Gasteiger partial charge in [-0.2, -0.15) is 0 Å². The van der Waals surface area contributed by atoms with Crippen molar-refractivity contribution in [1.29, 1.82) is 0 Å². The molecule has 0 bridgehead atoms. The number of allylic oxidation sites excluding steroid dienone is 3. The van der Waals surface area contributed by atoms with Gasteiger partial charge in [-0.1, -0.05) is 25.0 Å². The first-order chi connectivity index (χ1) is 8.66. The van der Waals surface area contributed by atoms with Gasteiger partial charge in [0, 0.05) is 12.6 Å². The third-order valence-corrected chi connectivity index (χ3v) is 2.34. The van der Waals surface area contributed by atoms with Crippen molar-refractivity contribution < 1.29 is 9.59 Å². The van der Waals surface area contributed by atoms with Crippen LogP contribution in [0.2, 0.25) is 0 Å². The van der Waals surface area contributed by atoms with E-state index >= 15 is 0 Å². The predicted molar refractivity (Wildman–Crippen MR) is 74.4 cm³/mol. The lowest BCUT2D eigenvalue weighted by Crippen LogP contribution is -2.22. The van der Waals surface area contributed by atoms with Crippen LogP contribution in [0.4, 0.5) is 0 Å². The summed E-state index contributed by atoms with van der Waals surface area (Å²) in [6.45, 7) is 3.23. The summed E-state index contributed by atoms with van der Waals surface area (Å²) < 4.78 is 0. The van der Waals surface area contributed by atoms with Gasteiger partial charge < -0.3 is 10.6 Å². The molecule has 1 amide bonds. The lowest BCUT2D eigenvalue weighted by molar-refractivity contribution is -0.116. The van der Waals surface area contributed by atoms with Crippen LogP contribution in [0.15, 0.2) is 24.3 Å². The summed E-state index contributed by atoms with van der Waals surface area (Å²) in [4.78, 5) is 21.9. The highest BCUT2D eigenvalue weighted by molar-refractivity contribution is 5.89. The van der Waals surface area contributed by atoms with E-state index in [1.165, 1.54) is 31.9 Å². The summed E-state index contributed by atoms with van der Waals surface area (Å²) in [6.07, 6.45) is 10.5. The predicted octanol–water partition coefficient (Wildman–Crippen LogP) is 1.58. The molecule has 0 unspecified atom stereocenters. The maximum atomic E-state index is 11.3. The minimum absolute atomic E-state index is 0.0263. The molecule has 2 N–H and O–H groups in total. The van der Waals surface area contributed by atoms with Gasteiger partial charge in [0.2, 0.25) is 5.91 Å². The van der Waals surface area contributed by atoms with Gasteiger partial charge >= 0.3 is 0 Å². The van der Waals surface area contributed by atoms with E-state index in [4.69, 9.17) is 0 Å². The quantitative estimate of drug-likeness (QED) is 0.352. The van der Waals surface area contributed by atoms with Crippen LogP contribution in [0.25, 0.3) is 0 Å². The van der Waals surface area contributed by atoms with E-state index in [1.807, 2.05) is 7.05 Å². The SMILES string of the molecule is CNCCCCCCNC(=O)/C=C/C=C/C(C)=O. The molecule has 0 saturated carbocycles. The number of hydrogen-bond acceptors (Lipinski definition) is 3. The van der Waals surface area contributed by atoms with Crippen LogP contribution in [-0.4, -0.2) is 31.8 Å². The number of carbonyl (C=O) groups excluding carboxylic acids is 2. The molecule has 4 nitrogen and oxygen atoms in total. The summed E-state index contributed by atoms with van der Waals surface area (Å²) in [6, 6.07) is 0. The molecule has 0 aliphatic rings. The van der Waals surface area contributed by atoms with E-state index in [9.17, 15) is 9.59 Å². The second kappa shape index (κ2) is 12.0. The second-order valence-corrected chi connectivity index (χ2v) is 4.14. The first-order valence-electron chi connectivity index (χ1n) is 6.44. The highest BCUT2D eigenvalue weighted by atomic mass is 16.1. The maximum Gasteiger partial charge on any atom is 0.243 e. The highest BCUT2D eigenvalue weighted by Crippen LogP contribution is 1.97. The van der Waals surface area contributed by atoms with Crippen LogP contribution in [0.1, 0.15) is 32.6 Å². The number of rotatable bonds is 10. The molecular formula is C14H24N2O2. The van der Waals surface area contributed by atoms with Gasteiger partial charge in [-0.05, 0) is 39.4 Å². The topological polar surface area (TPSA) is 58.2 Å². The number of ketones is 1. The van der Waals surface area contributed by atoms with Crippen molar-refractivity contribution in [3.63, 3.8) is 0 Å². The Kier molecular flexibility index (Phi) is 11.1. The van der Waals surface area contributed by atoms with E-state index in [1.54, 1.807) is 12.2 Å². The Bertz CT molecular complexity index is 296. The lowest BCUT2D eigenvalue weighted by atomic mass is 10.2. The molecule has 0 aromatic rings. The molecule has 0 aliphatic carbocycles. The maximum absolute atomic E-state index is 11.3. The van der Waals surface area contributed by atoms with Gasteiger partial charge in [0.15, 0.2) is 5.78 Å². The standard InChI is InChI=1S/C14H24N2O2/c1-13(17)9-5-6-10-14(18)16-12-8-4-3-7-11-15-2/h5-6,9-10,15H,3-4,7-8,11-12H2,1-2H3,(H,16,18)/b9-5+,10-6+.